The molecule has 0 atom stereocenters. The van der Waals surface area contributed by atoms with Crippen LogP contribution in [0.4, 0.5) is 4.79 Å². The minimum atomic E-state index is -0.730. The van der Waals surface area contributed by atoms with Crippen LogP contribution >= 0.6 is 0 Å². The summed E-state index contributed by atoms with van der Waals surface area (Å²) in [5, 5.41) is 12.3. The molecular formula is C21H30N2O5. The van der Waals surface area contributed by atoms with Gasteiger partial charge in [0.15, 0.2) is 0 Å². The van der Waals surface area contributed by atoms with Crippen molar-refractivity contribution in [3.63, 3.8) is 0 Å². The highest BCUT2D eigenvalue weighted by atomic mass is 16.5. The molecule has 0 aromatic heterocycles. The van der Waals surface area contributed by atoms with Gasteiger partial charge in [0.05, 0.1) is 26.7 Å². The molecule has 3 rings (SSSR count). The van der Waals surface area contributed by atoms with E-state index >= 15 is 0 Å². The highest BCUT2D eigenvalue weighted by Crippen LogP contribution is 2.32. The molecule has 0 unspecified atom stereocenters. The molecule has 2 N–H and O–H groups in total. The molecule has 2 amide bonds. The van der Waals surface area contributed by atoms with Crippen molar-refractivity contribution in [3.8, 4) is 11.5 Å². The van der Waals surface area contributed by atoms with E-state index in [4.69, 9.17) is 14.6 Å². The molecule has 154 valence electrons. The third kappa shape index (κ3) is 5.30. The summed E-state index contributed by atoms with van der Waals surface area (Å²) in [5.74, 6) is 0.979. The number of hydrogen-bond donors (Lipinski definition) is 2. The van der Waals surface area contributed by atoms with Crippen molar-refractivity contribution in [1.29, 1.82) is 0 Å². The van der Waals surface area contributed by atoms with Gasteiger partial charge < -0.3 is 24.8 Å². The predicted molar refractivity (Wildman–Crippen MR) is 105 cm³/mol. The second-order valence-electron chi connectivity index (χ2n) is 7.84. The van der Waals surface area contributed by atoms with E-state index in [1.54, 1.807) is 14.2 Å². The zero-order chi connectivity index (χ0) is 20.1. The molecule has 0 heterocycles. The minimum Gasteiger partial charge on any atom is -0.497 e. The van der Waals surface area contributed by atoms with Gasteiger partial charge in [0, 0.05) is 24.2 Å². The van der Waals surface area contributed by atoms with E-state index in [-0.39, 0.29) is 18.0 Å². The van der Waals surface area contributed by atoms with Gasteiger partial charge in [-0.05, 0) is 56.6 Å². The standard InChI is InChI=1S/C21H30N2O5/c1-27-18-10-7-16(19(11-18)28-2)13-23(12-14-3-4-14)21(26)22-17-8-5-15(6-9-17)20(24)25/h7,10-11,14-15,17H,3-6,8-9,12-13H2,1-2H3,(H,22,26)(H,24,25). The van der Waals surface area contributed by atoms with Gasteiger partial charge in [-0.2, -0.15) is 0 Å². The Morgan fingerprint density at radius 1 is 1.11 bits per heavy atom. The van der Waals surface area contributed by atoms with Gasteiger partial charge in [-0.1, -0.05) is 0 Å². The van der Waals surface area contributed by atoms with E-state index in [2.05, 4.69) is 5.32 Å². The Labute approximate surface area is 166 Å². The topological polar surface area (TPSA) is 88.1 Å². The van der Waals surface area contributed by atoms with Crippen molar-refractivity contribution in [2.45, 2.75) is 51.1 Å². The molecule has 7 nitrogen and oxygen atoms in total. The van der Waals surface area contributed by atoms with Gasteiger partial charge in [-0.3, -0.25) is 4.79 Å². The number of benzene rings is 1. The number of rotatable bonds is 8. The molecular weight excluding hydrogens is 360 g/mol. The fourth-order valence-electron chi connectivity index (χ4n) is 3.77. The first-order chi connectivity index (χ1) is 13.5. The summed E-state index contributed by atoms with van der Waals surface area (Å²) in [6.07, 6.45) is 4.99. The highest BCUT2D eigenvalue weighted by molar-refractivity contribution is 5.75. The van der Waals surface area contributed by atoms with Crippen LogP contribution in [-0.2, 0) is 11.3 Å². The second-order valence-corrected chi connectivity index (χ2v) is 7.84. The Bertz CT molecular complexity index is 696. The van der Waals surface area contributed by atoms with Crippen LogP contribution < -0.4 is 14.8 Å². The summed E-state index contributed by atoms with van der Waals surface area (Å²) in [6.45, 7) is 1.20. The maximum absolute atomic E-state index is 13.0. The number of methoxy groups -OCH3 is 2. The second kappa shape index (κ2) is 9.17. The van der Waals surface area contributed by atoms with E-state index in [1.807, 2.05) is 23.1 Å². The van der Waals surface area contributed by atoms with Crippen molar-refractivity contribution >= 4 is 12.0 Å². The molecule has 0 radical (unpaired) electrons. The summed E-state index contributed by atoms with van der Waals surface area (Å²) < 4.78 is 10.7. The number of carboxylic acids is 1. The van der Waals surface area contributed by atoms with E-state index < -0.39 is 5.97 Å². The number of carbonyl (C=O) groups excluding carboxylic acids is 1. The first kappa shape index (κ1) is 20.3. The lowest BCUT2D eigenvalue weighted by molar-refractivity contribution is -0.142. The van der Waals surface area contributed by atoms with Crippen LogP contribution in [0.15, 0.2) is 18.2 Å². The molecule has 0 aliphatic heterocycles. The molecule has 0 spiro atoms. The number of carboxylic acid groups (broad SMARTS) is 1. The summed E-state index contributed by atoms with van der Waals surface area (Å²) >= 11 is 0. The van der Waals surface area contributed by atoms with Crippen LogP contribution in [-0.4, -0.2) is 48.8 Å². The quantitative estimate of drug-likeness (QED) is 0.711. The van der Waals surface area contributed by atoms with Crippen LogP contribution in [0.3, 0.4) is 0 Å². The summed E-state index contributed by atoms with van der Waals surface area (Å²) in [5.41, 5.74) is 0.939. The summed E-state index contributed by atoms with van der Waals surface area (Å²) in [7, 11) is 3.23. The summed E-state index contributed by atoms with van der Waals surface area (Å²) in [4.78, 5) is 25.9. The SMILES string of the molecule is COc1ccc(CN(CC2CC2)C(=O)NC2CCC(C(=O)O)CC2)c(OC)c1. The fourth-order valence-corrected chi connectivity index (χ4v) is 3.77. The van der Waals surface area contributed by atoms with Gasteiger partial charge in [-0.25, -0.2) is 4.79 Å². The third-order valence-corrected chi connectivity index (χ3v) is 5.72. The summed E-state index contributed by atoms with van der Waals surface area (Å²) in [6, 6.07) is 5.60. The average Bonchev–Trinajstić information content (AvgIpc) is 3.52. The zero-order valence-corrected chi connectivity index (χ0v) is 16.6. The molecule has 2 fully saturated rings. The fraction of sp³-hybridized carbons (Fsp3) is 0.619. The minimum absolute atomic E-state index is 0.0440. The zero-order valence-electron chi connectivity index (χ0n) is 16.6. The van der Waals surface area contributed by atoms with Gasteiger partial charge in [0.25, 0.3) is 0 Å². The lowest BCUT2D eigenvalue weighted by Crippen LogP contribution is -2.46. The number of nitrogens with zero attached hydrogens (tertiary/aromatic N) is 1. The Morgan fingerprint density at radius 3 is 2.39 bits per heavy atom. The Balaban J connectivity index is 1.63. The lowest BCUT2D eigenvalue weighted by Gasteiger charge is -2.30. The third-order valence-electron chi connectivity index (χ3n) is 5.72. The first-order valence-electron chi connectivity index (χ1n) is 9.99. The van der Waals surface area contributed by atoms with Crippen LogP contribution in [0, 0.1) is 11.8 Å². The van der Waals surface area contributed by atoms with Gasteiger partial charge in [-0.15, -0.1) is 0 Å². The molecule has 7 heteroatoms. The Kier molecular flexibility index (Phi) is 6.65. The van der Waals surface area contributed by atoms with Gasteiger partial charge in [0.2, 0.25) is 0 Å². The van der Waals surface area contributed by atoms with E-state index in [0.29, 0.717) is 49.6 Å². The molecule has 1 aromatic rings. The smallest absolute Gasteiger partial charge is 0.317 e. The van der Waals surface area contributed by atoms with E-state index in [9.17, 15) is 9.59 Å². The van der Waals surface area contributed by atoms with Crippen LogP contribution in [0.1, 0.15) is 44.1 Å². The van der Waals surface area contributed by atoms with Crippen molar-refractivity contribution < 1.29 is 24.2 Å². The highest BCUT2D eigenvalue weighted by Gasteiger charge is 2.30. The van der Waals surface area contributed by atoms with Crippen molar-refractivity contribution in [2.24, 2.45) is 11.8 Å². The predicted octanol–water partition coefficient (Wildman–Crippen LogP) is 3.27. The number of hydrogen-bond acceptors (Lipinski definition) is 4. The molecule has 2 aliphatic rings. The monoisotopic (exact) mass is 390 g/mol. The van der Waals surface area contributed by atoms with Gasteiger partial charge in [0.1, 0.15) is 11.5 Å². The average molecular weight is 390 g/mol. The van der Waals surface area contributed by atoms with Crippen LogP contribution in [0.2, 0.25) is 0 Å². The molecule has 2 saturated carbocycles. The molecule has 28 heavy (non-hydrogen) atoms. The number of urea groups is 1. The van der Waals surface area contributed by atoms with Crippen LogP contribution in [0.25, 0.3) is 0 Å². The molecule has 0 bridgehead atoms. The lowest BCUT2D eigenvalue weighted by atomic mass is 9.86. The maximum atomic E-state index is 13.0. The van der Waals surface area contributed by atoms with E-state index in [0.717, 1.165) is 24.9 Å². The molecule has 0 saturated heterocycles. The van der Waals surface area contributed by atoms with Crippen LogP contribution in [0.5, 0.6) is 11.5 Å². The van der Waals surface area contributed by atoms with E-state index in [1.165, 1.54) is 0 Å². The van der Waals surface area contributed by atoms with Crippen molar-refractivity contribution in [2.75, 3.05) is 20.8 Å². The first-order valence-corrected chi connectivity index (χ1v) is 9.99. The molecule has 2 aliphatic carbocycles. The number of nitrogens with one attached hydrogen (secondary N) is 1. The van der Waals surface area contributed by atoms with Gasteiger partial charge >= 0.3 is 12.0 Å². The largest absolute Gasteiger partial charge is 0.497 e. The Hall–Kier alpha value is -2.44. The van der Waals surface area contributed by atoms with Crippen molar-refractivity contribution in [1.82, 2.24) is 10.2 Å². The normalized spacial score (nSPS) is 21.6. The van der Waals surface area contributed by atoms with Crippen molar-refractivity contribution in [3.05, 3.63) is 23.8 Å². The maximum Gasteiger partial charge on any atom is 0.317 e. The number of carbonyl (C=O) groups is 2. The number of ether oxygens (including phenoxy) is 2. The number of amides is 2. The Morgan fingerprint density at radius 2 is 1.82 bits per heavy atom. The number of aliphatic carboxylic acids is 1. The molecule has 1 aromatic carbocycles.